The first-order chi connectivity index (χ1) is 19.2. The lowest BCUT2D eigenvalue weighted by atomic mass is 9.62. The molecule has 2 unspecified atom stereocenters. The van der Waals surface area contributed by atoms with E-state index in [1.54, 1.807) is 0 Å². The van der Waals surface area contributed by atoms with Crippen LogP contribution in [-0.2, 0) is 0 Å². The van der Waals surface area contributed by atoms with Crippen LogP contribution in [0.25, 0.3) is 22.3 Å². The lowest BCUT2D eigenvalue weighted by Gasteiger charge is -2.47. The number of benzene rings is 4. The second kappa shape index (κ2) is 11.5. The van der Waals surface area contributed by atoms with E-state index < -0.39 is 0 Å². The molecule has 4 nitrogen and oxygen atoms in total. The Hall–Kier alpha value is -4.18. The first kappa shape index (κ1) is 27.4. The van der Waals surface area contributed by atoms with Crippen LogP contribution in [0.3, 0.4) is 0 Å². The average Bonchev–Trinajstić information content (AvgIpc) is 2.96. The summed E-state index contributed by atoms with van der Waals surface area (Å²) in [6.07, 6.45) is 2.70. The third kappa shape index (κ3) is 6.69. The van der Waals surface area contributed by atoms with Gasteiger partial charge < -0.3 is 10.6 Å². The maximum Gasteiger partial charge on any atom is 0.251 e. The van der Waals surface area contributed by atoms with Crippen LogP contribution >= 0.6 is 0 Å². The number of hydrogen-bond acceptors (Lipinski definition) is 2. The molecular formula is C36H38N2O2. The van der Waals surface area contributed by atoms with Gasteiger partial charge in [0.1, 0.15) is 0 Å². The minimum absolute atomic E-state index is 0.0390. The molecule has 0 spiro atoms. The zero-order valence-corrected chi connectivity index (χ0v) is 23.6. The second-order valence-corrected chi connectivity index (χ2v) is 12.3. The molecule has 40 heavy (non-hydrogen) atoms. The molecule has 2 N–H and O–H groups in total. The third-order valence-corrected chi connectivity index (χ3v) is 7.96. The van der Waals surface area contributed by atoms with Gasteiger partial charge in [0.25, 0.3) is 11.8 Å². The van der Waals surface area contributed by atoms with E-state index in [1.807, 2.05) is 84.9 Å². The number of hydrogen-bond donors (Lipinski definition) is 2. The fourth-order valence-electron chi connectivity index (χ4n) is 6.42. The quantitative estimate of drug-likeness (QED) is 0.256. The molecule has 0 heterocycles. The van der Waals surface area contributed by atoms with E-state index in [1.165, 1.54) is 0 Å². The Morgan fingerprint density at radius 2 is 1.07 bits per heavy atom. The Bertz CT molecular complexity index is 1440. The van der Waals surface area contributed by atoms with E-state index in [0.29, 0.717) is 17.7 Å². The van der Waals surface area contributed by atoms with Gasteiger partial charge in [0.2, 0.25) is 0 Å². The van der Waals surface area contributed by atoms with E-state index in [-0.39, 0.29) is 28.7 Å². The molecule has 2 amide bonds. The first-order valence-corrected chi connectivity index (χ1v) is 14.1. The fraction of sp³-hybridized carbons (Fsp3) is 0.278. The van der Waals surface area contributed by atoms with Crippen molar-refractivity contribution in [2.45, 2.75) is 46.1 Å². The molecule has 0 bridgehead atoms. The second-order valence-electron chi connectivity index (χ2n) is 12.3. The van der Waals surface area contributed by atoms with Gasteiger partial charge in [0, 0.05) is 23.7 Å². The van der Waals surface area contributed by atoms with Gasteiger partial charge in [0.05, 0.1) is 0 Å². The Morgan fingerprint density at radius 1 is 0.625 bits per heavy atom. The predicted octanol–water partition coefficient (Wildman–Crippen LogP) is 7.77. The van der Waals surface area contributed by atoms with Gasteiger partial charge in [-0.25, -0.2) is 0 Å². The highest BCUT2D eigenvalue weighted by Crippen LogP contribution is 2.46. The lowest BCUT2D eigenvalue weighted by Crippen LogP contribution is -2.50. The predicted molar refractivity (Wildman–Crippen MR) is 163 cm³/mol. The van der Waals surface area contributed by atoms with Crippen LogP contribution in [0.1, 0.15) is 60.7 Å². The number of carbonyl (C=O) groups is 2. The largest absolute Gasteiger partial charge is 0.351 e. The maximum atomic E-state index is 13.2. The van der Waals surface area contributed by atoms with Crippen LogP contribution in [0, 0.1) is 10.8 Å². The van der Waals surface area contributed by atoms with Crippen molar-refractivity contribution in [3.05, 3.63) is 120 Å². The highest BCUT2D eigenvalue weighted by molar-refractivity contribution is 5.95. The van der Waals surface area contributed by atoms with Crippen molar-refractivity contribution < 1.29 is 9.59 Å². The minimum atomic E-state index is -0.128. The van der Waals surface area contributed by atoms with E-state index in [2.05, 4.69) is 55.7 Å². The highest BCUT2D eigenvalue weighted by atomic mass is 16.2. The summed E-state index contributed by atoms with van der Waals surface area (Å²) in [5, 5.41) is 6.48. The van der Waals surface area contributed by atoms with E-state index in [9.17, 15) is 9.59 Å². The smallest absolute Gasteiger partial charge is 0.251 e. The number of rotatable bonds is 7. The molecule has 1 saturated carbocycles. The van der Waals surface area contributed by atoms with Crippen molar-refractivity contribution in [3.63, 3.8) is 0 Å². The summed E-state index contributed by atoms with van der Waals surface area (Å²) in [5.41, 5.74) is 5.68. The molecule has 1 aliphatic rings. The Labute approximate surface area is 237 Å². The monoisotopic (exact) mass is 530 g/mol. The molecule has 0 aliphatic heterocycles. The van der Waals surface area contributed by atoms with Crippen LogP contribution in [0.15, 0.2) is 109 Å². The van der Waals surface area contributed by atoms with E-state index in [0.717, 1.165) is 41.5 Å². The van der Waals surface area contributed by atoms with E-state index in [4.69, 9.17) is 0 Å². The van der Waals surface area contributed by atoms with Gasteiger partial charge in [0.15, 0.2) is 0 Å². The Balaban J connectivity index is 1.20. The summed E-state index contributed by atoms with van der Waals surface area (Å²) < 4.78 is 0. The highest BCUT2D eigenvalue weighted by Gasteiger charge is 2.42. The molecule has 1 aliphatic carbocycles. The maximum absolute atomic E-state index is 13.2. The Kier molecular flexibility index (Phi) is 7.88. The zero-order chi connectivity index (χ0) is 28.2. The van der Waals surface area contributed by atoms with Gasteiger partial charge in [-0.1, -0.05) is 106 Å². The molecule has 5 rings (SSSR count). The molecule has 4 aromatic carbocycles. The van der Waals surface area contributed by atoms with Crippen molar-refractivity contribution in [3.8, 4) is 22.3 Å². The molecule has 0 saturated heterocycles. The van der Waals surface area contributed by atoms with Crippen LogP contribution in [0.5, 0.6) is 0 Å². The summed E-state index contributed by atoms with van der Waals surface area (Å²) in [4.78, 5) is 26.2. The molecule has 204 valence electrons. The molecule has 1 fully saturated rings. The normalized spacial score (nSPS) is 19.9. The van der Waals surface area contributed by atoms with Crippen molar-refractivity contribution in [1.29, 1.82) is 0 Å². The van der Waals surface area contributed by atoms with Crippen molar-refractivity contribution in [1.82, 2.24) is 10.6 Å². The van der Waals surface area contributed by atoms with Crippen LogP contribution in [0.2, 0.25) is 0 Å². The third-order valence-electron chi connectivity index (χ3n) is 7.96. The fourth-order valence-corrected chi connectivity index (χ4v) is 6.42. The van der Waals surface area contributed by atoms with Crippen molar-refractivity contribution >= 4 is 11.8 Å². The lowest BCUT2D eigenvalue weighted by molar-refractivity contribution is 0.0592. The summed E-state index contributed by atoms with van der Waals surface area (Å²) in [7, 11) is 0. The molecular weight excluding hydrogens is 492 g/mol. The number of carbonyl (C=O) groups excluding carboxylic acids is 2. The molecule has 4 heteroatoms. The molecule has 0 radical (unpaired) electrons. The Morgan fingerprint density at radius 3 is 1.57 bits per heavy atom. The average molecular weight is 531 g/mol. The number of amides is 2. The summed E-state index contributed by atoms with van der Waals surface area (Å²) in [6.45, 7) is 7.29. The SMILES string of the molecule is CC1(C)CC(NC(=O)c2ccc(-c3ccccc3)cc2)CC(C)(CNC(=O)c2ccc(-c3ccccc3)cc2)C1. The molecule has 2 atom stereocenters. The standard InChI is InChI=1S/C36H38N2O2/c1-35(2)22-32(38-34(40)31-20-16-29(17-21-31)27-12-8-5-9-13-27)23-36(3,24-35)25-37-33(39)30-18-14-28(15-19-30)26-10-6-4-7-11-26/h4-21,32H,22-25H2,1-3H3,(H,37,39)(H,38,40). The molecule has 0 aromatic heterocycles. The zero-order valence-electron chi connectivity index (χ0n) is 23.6. The summed E-state index contributed by atoms with van der Waals surface area (Å²) >= 11 is 0. The van der Waals surface area contributed by atoms with Crippen molar-refractivity contribution in [2.24, 2.45) is 10.8 Å². The minimum Gasteiger partial charge on any atom is -0.351 e. The van der Waals surface area contributed by atoms with Crippen LogP contribution < -0.4 is 10.6 Å². The topological polar surface area (TPSA) is 58.2 Å². The molecule has 4 aromatic rings. The summed E-state index contributed by atoms with van der Waals surface area (Å²) in [5.74, 6) is -0.115. The van der Waals surface area contributed by atoms with Crippen LogP contribution in [-0.4, -0.2) is 24.4 Å². The van der Waals surface area contributed by atoms with Gasteiger partial charge in [-0.05, 0) is 76.6 Å². The van der Waals surface area contributed by atoms with Crippen LogP contribution in [0.4, 0.5) is 0 Å². The first-order valence-electron chi connectivity index (χ1n) is 14.1. The summed E-state index contributed by atoms with van der Waals surface area (Å²) in [6, 6.07) is 35.9. The van der Waals surface area contributed by atoms with Gasteiger partial charge in [-0.2, -0.15) is 0 Å². The van der Waals surface area contributed by atoms with E-state index >= 15 is 0 Å². The number of nitrogens with one attached hydrogen (secondary N) is 2. The van der Waals surface area contributed by atoms with Gasteiger partial charge in [-0.15, -0.1) is 0 Å². The van der Waals surface area contributed by atoms with Crippen molar-refractivity contribution in [2.75, 3.05) is 6.54 Å². The van der Waals surface area contributed by atoms with Gasteiger partial charge in [-0.3, -0.25) is 9.59 Å². The van der Waals surface area contributed by atoms with Gasteiger partial charge >= 0.3 is 0 Å².